The minimum atomic E-state index is -0.633. The van der Waals surface area contributed by atoms with Gasteiger partial charge in [0.1, 0.15) is 11.6 Å². The quantitative estimate of drug-likeness (QED) is 0.503. The topological polar surface area (TPSA) is 110 Å². The molecule has 0 aliphatic heterocycles. The molecule has 2 aromatic rings. The SMILES string of the molecule is CCCCCN(C(=O)Cc1ccc(OCC)cc1)c1c(N)n(CCCC)c(=O)[nH]c1=O. The highest BCUT2D eigenvalue weighted by Gasteiger charge is 2.24. The first kappa shape index (κ1) is 24.2. The molecule has 8 heteroatoms. The van der Waals surface area contributed by atoms with E-state index in [1.54, 1.807) is 0 Å². The maximum absolute atomic E-state index is 13.2. The summed E-state index contributed by atoms with van der Waals surface area (Å²) < 4.78 is 6.79. The second-order valence-electron chi connectivity index (χ2n) is 7.50. The molecule has 0 saturated carbocycles. The molecule has 31 heavy (non-hydrogen) atoms. The molecule has 1 amide bonds. The first-order valence-electron chi connectivity index (χ1n) is 11.1. The summed E-state index contributed by atoms with van der Waals surface area (Å²) in [5, 5.41) is 0. The van der Waals surface area contributed by atoms with Crippen molar-refractivity contribution < 1.29 is 9.53 Å². The minimum Gasteiger partial charge on any atom is -0.494 e. The largest absolute Gasteiger partial charge is 0.494 e. The molecule has 0 aliphatic carbocycles. The Hall–Kier alpha value is -3.03. The number of amides is 1. The number of aromatic amines is 1. The van der Waals surface area contributed by atoms with E-state index in [2.05, 4.69) is 11.9 Å². The number of rotatable bonds is 12. The Morgan fingerprint density at radius 3 is 2.35 bits per heavy atom. The van der Waals surface area contributed by atoms with Crippen molar-refractivity contribution in [1.29, 1.82) is 0 Å². The third-order valence-electron chi connectivity index (χ3n) is 5.10. The van der Waals surface area contributed by atoms with Crippen molar-refractivity contribution in [2.45, 2.75) is 65.8 Å². The van der Waals surface area contributed by atoms with Gasteiger partial charge in [0.05, 0.1) is 13.0 Å². The van der Waals surface area contributed by atoms with Crippen molar-refractivity contribution in [2.75, 3.05) is 23.8 Å². The van der Waals surface area contributed by atoms with Gasteiger partial charge in [0.25, 0.3) is 5.56 Å². The maximum Gasteiger partial charge on any atom is 0.330 e. The molecule has 8 nitrogen and oxygen atoms in total. The van der Waals surface area contributed by atoms with E-state index >= 15 is 0 Å². The fraction of sp³-hybridized carbons (Fsp3) is 0.522. The van der Waals surface area contributed by atoms with E-state index in [-0.39, 0.29) is 23.8 Å². The highest BCUT2D eigenvalue weighted by atomic mass is 16.5. The van der Waals surface area contributed by atoms with Crippen LogP contribution in [-0.2, 0) is 17.8 Å². The van der Waals surface area contributed by atoms with Crippen LogP contribution in [0.3, 0.4) is 0 Å². The summed E-state index contributed by atoms with van der Waals surface area (Å²) in [6.45, 7) is 7.31. The lowest BCUT2D eigenvalue weighted by Gasteiger charge is -2.24. The molecule has 1 aromatic carbocycles. The molecule has 0 bridgehead atoms. The molecule has 2 rings (SSSR count). The predicted molar refractivity (Wildman–Crippen MR) is 124 cm³/mol. The van der Waals surface area contributed by atoms with Crippen LogP contribution in [0.15, 0.2) is 33.9 Å². The highest BCUT2D eigenvalue weighted by molar-refractivity contribution is 5.96. The number of hydrogen-bond acceptors (Lipinski definition) is 5. The summed E-state index contributed by atoms with van der Waals surface area (Å²) in [4.78, 5) is 41.9. The molecule has 0 spiro atoms. The number of nitrogens with zero attached hydrogens (tertiary/aromatic N) is 2. The number of nitrogen functional groups attached to an aromatic ring is 1. The van der Waals surface area contributed by atoms with E-state index in [0.29, 0.717) is 19.7 Å². The van der Waals surface area contributed by atoms with Crippen LogP contribution in [0.1, 0.15) is 58.4 Å². The van der Waals surface area contributed by atoms with Crippen LogP contribution in [0.5, 0.6) is 5.75 Å². The fourth-order valence-corrected chi connectivity index (χ4v) is 3.40. The van der Waals surface area contributed by atoms with Crippen LogP contribution < -0.4 is 26.6 Å². The first-order valence-corrected chi connectivity index (χ1v) is 11.1. The fourth-order valence-electron chi connectivity index (χ4n) is 3.40. The predicted octanol–water partition coefficient (Wildman–Crippen LogP) is 3.08. The number of H-pyrrole nitrogens is 1. The van der Waals surface area contributed by atoms with Gasteiger partial charge >= 0.3 is 5.69 Å². The number of carbonyl (C=O) groups is 1. The molecule has 1 heterocycles. The summed E-state index contributed by atoms with van der Waals surface area (Å²) in [5.41, 5.74) is 5.93. The van der Waals surface area contributed by atoms with Gasteiger partial charge in [0, 0.05) is 13.1 Å². The second-order valence-corrected chi connectivity index (χ2v) is 7.50. The molecule has 3 N–H and O–H groups in total. The number of anilines is 2. The number of nitrogens with two attached hydrogens (primary N) is 1. The maximum atomic E-state index is 13.2. The zero-order chi connectivity index (χ0) is 22.8. The summed E-state index contributed by atoms with van der Waals surface area (Å²) in [5.74, 6) is 0.541. The van der Waals surface area contributed by atoms with Gasteiger partial charge in [-0.15, -0.1) is 0 Å². The van der Waals surface area contributed by atoms with Crippen LogP contribution >= 0.6 is 0 Å². The van der Waals surface area contributed by atoms with Gasteiger partial charge in [-0.05, 0) is 37.5 Å². The summed E-state index contributed by atoms with van der Waals surface area (Å²) in [7, 11) is 0. The van der Waals surface area contributed by atoms with Crippen molar-refractivity contribution in [1.82, 2.24) is 9.55 Å². The summed E-state index contributed by atoms with van der Waals surface area (Å²) in [6.07, 6.45) is 4.36. The molecule has 0 radical (unpaired) electrons. The van der Waals surface area contributed by atoms with Gasteiger partial charge in [0.15, 0.2) is 5.69 Å². The molecule has 170 valence electrons. The molecule has 0 fully saturated rings. The summed E-state index contributed by atoms with van der Waals surface area (Å²) in [6, 6.07) is 7.31. The molecule has 0 unspecified atom stereocenters. The van der Waals surface area contributed by atoms with Crippen LogP contribution in [0, 0.1) is 0 Å². The molecule has 0 aliphatic rings. The zero-order valence-corrected chi connectivity index (χ0v) is 18.8. The van der Waals surface area contributed by atoms with Crippen LogP contribution in [-0.4, -0.2) is 28.6 Å². The van der Waals surface area contributed by atoms with Gasteiger partial charge in [-0.3, -0.25) is 19.1 Å². The van der Waals surface area contributed by atoms with Crippen molar-refractivity contribution in [2.24, 2.45) is 0 Å². The van der Waals surface area contributed by atoms with Gasteiger partial charge < -0.3 is 15.4 Å². The Balaban J connectivity index is 2.38. The van der Waals surface area contributed by atoms with Crippen LogP contribution in [0.25, 0.3) is 0 Å². The zero-order valence-electron chi connectivity index (χ0n) is 18.8. The average molecular weight is 431 g/mol. The standard InChI is InChI=1S/C23H34N4O4/c1-4-7-9-15-26(19(28)16-17-10-12-18(13-11-17)31-6-3)20-21(24)27(14-8-5-2)23(30)25-22(20)29/h10-13H,4-9,14-16,24H2,1-3H3,(H,25,29,30). The van der Waals surface area contributed by atoms with Crippen LogP contribution in [0.2, 0.25) is 0 Å². The lowest BCUT2D eigenvalue weighted by Crippen LogP contribution is -2.42. The molecule has 1 aromatic heterocycles. The van der Waals surface area contributed by atoms with Gasteiger partial charge in [0.2, 0.25) is 5.91 Å². The van der Waals surface area contributed by atoms with Crippen molar-refractivity contribution in [3.63, 3.8) is 0 Å². The molecule has 0 saturated heterocycles. The number of unbranched alkanes of at least 4 members (excludes halogenated alkanes) is 3. The van der Waals surface area contributed by atoms with Crippen molar-refractivity contribution in [3.05, 3.63) is 50.7 Å². The Bertz CT molecular complexity index is 963. The number of ether oxygens (including phenoxy) is 1. The van der Waals surface area contributed by atoms with E-state index in [9.17, 15) is 14.4 Å². The van der Waals surface area contributed by atoms with E-state index in [0.717, 1.165) is 43.4 Å². The Kier molecular flexibility index (Phi) is 9.37. The van der Waals surface area contributed by atoms with E-state index in [4.69, 9.17) is 10.5 Å². The first-order chi connectivity index (χ1) is 14.9. The Morgan fingerprint density at radius 2 is 1.74 bits per heavy atom. The second kappa shape index (κ2) is 12.0. The number of nitrogens with one attached hydrogen (secondary N) is 1. The average Bonchev–Trinajstić information content (AvgIpc) is 2.74. The lowest BCUT2D eigenvalue weighted by molar-refractivity contribution is -0.118. The Morgan fingerprint density at radius 1 is 1.06 bits per heavy atom. The normalized spacial score (nSPS) is 10.8. The Labute approximate surface area is 183 Å². The number of hydrogen-bond donors (Lipinski definition) is 2. The number of carbonyl (C=O) groups excluding carboxylic acids is 1. The van der Waals surface area contributed by atoms with Crippen molar-refractivity contribution >= 4 is 17.4 Å². The summed E-state index contributed by atoms with van der Waals surface area (Å²) >= 11 is 0. The van der Waals surface area contributed by atoms with Gasteiger partial charge in [-0.2, -0.15) is 0 Å². The molecule has 0 atom stereocenters. The number of benzene rings is 1. The third kappa shape index (κ3) is 6.47. The van der Waals surface area contributed by atoms with Crippen molar-refractivity contribution in [3.8, 4) is 5.75 Å². The number of aromatic nitrogens is 2. The molecular formula is C23H34N4O4. The third-order valence-corrected chi connectivity index (χ3v) is 5.10. The van der Waals surface area contributed by atoms with E-state index < -0.39 is 11.2 Å². The minimum absolute atomic E-state index is 0.0405. The van der Waals surface area contributed by atoms with Gasteiger partial charge in [-0.1, -0.05) is 45.2 Å². The van der Waals surface area contributed by atoms with E-state index in [1.165, 1.54) is 9.47 Å². The van der Waals surface area contributed by atoms with Gasteiger partial charge in [-0.25, -0.2) is 4.79 Å². The van der Waals surface area contributed by atoms with Crippen LogP contribution in [0.4, 0.5) is 11.5 Å². The smallest absolute Gasteiger partial charge is 0.330 e. The molecular weight excluding hydrogens is 396 g/mol. The highest BCUT2D eigenvalue weighted by Crippen LogP contribution is 2.20. The monoisotopic (exact) mass is 430 g/mol. The van der Waals surface area contributed by atoms with E-state index in [1.807, 2.05) is 38.1 Å². The lowest BCUT2D eigenvalue weighted by atomic mass is 10.1.